The van der Waals surface area contributed by atoms with E-state index < -0.39 is 5.97 Å². The van der Waals surface area contributed by atoms with E-state index in [0.717, 1.165) is 5.56 Å². The molecule has 1 N–H and O–H groups in total. The van der Waals surface area contributed by atoms with Gasteiger partial charge in [0, 0.05) is 44.3 Å². The predicted molar refractivity (Wildman–Crippen MR) is 119 cm³/mol. The van der Waals surface area contributed by atoms with Crippen molar-refractivity contribution in [1.82, 2.24) is 4.98 Å². The number of allylic oxidation sites excluding steroid dienone is 1. The molecule has 0 spiro atoms. The highest BCUT2D eigenvalue weighted by Gasteiger charge is 2.29. The number of hydrogen-bond donors (Lipinski definition) is 1. The first-order valence-electron chi connectivity index (χ1n) is 10.2. The highest BCUT2D eigenvalue weighted by Crippen LogP contribution is 2.39. The van der Waals surface area contributed by atoms with Crippen LogP contribution in [0.25, 0.3) is 11.6 Å². The van der Waals surface area contributed by atoms with Gasteiger partial charge in [0.25, 0.3) is 0 Å². The SMILES string of the molecule is CCOC(=O)c1c(N(C)CCOCOCCOC)oc(C=C2C=Nc3ncccc32)c1O. The maximum absolute atomic E-state index is 12.5. The fourth-order valence-electron chi connectivity index (χ4n) is 2.99. The van der Waals surface area contributed by atoms with Gasteiger partial charge in [-0.2, -0.15) is 0 Å². The van der Waals surface area contributed by atoms with E-state index in [4.69, 9.17) is 23.4 Å². The van der Waals surface area contributed by atoms with Gasteiger partial charge in [0.15, 0.2) is 22.9 Å². The lowest BCUT2D eigenvalue weighted by molar-refractivity contribution is -0.0634. The van der Waals surface area contributed by atoms with Gasteiger partial charge in [-0.15, -0.1) is 0 Å². The first-order valence-corrected chi connectivity index (χ1v) is 10.2. The number of aromatic hydroxyl groups is 1. The van der Waals surface area contributed by atoms with Gasteiger partial charge in [0.2, 0.25) is 5.88 Å². The quantitative estimate of drug-likeness (QED) is 0.299. The number of methoxy groups -OCH3 is 1. The number of likely N-dealkylation sites (N-methyl/N-ethyl adjacent to an activating group) is 1. The Labute approximate surface area is 186 Å². The monoisotopic (exact) mass is 445 g/mol. The Morgan fingerprint density at radius 1 is 1.28 bits per heavy atom. The molecule has 0 bridgehead atoms. The van der Waals surface area contributed by atoms with Crippen molar-refractivity contribution in [2.45, 2.75) is 6.92 Å². The van der Waals surface area contributed by atoms with Gasteiger partial charge < -0.3 is 33.4 Å². The normalized spacial score (nSPS) is 13.5. The van der Waals surface area contributed by atoms with Gasteiger partial charge in [-0.25, -0.2) is 14.8 Å². The average molecular weight is 445 g/mol. The van der Waals surface area contributed by atoms with E-state index in [1.807, 2.05) is 6.07 Å². The number of rotatable bonds is 12. The number of nitrogens with zero attached hydrogens (tertiary/aromatic N) is 3. The molecule has 2 aromatic heterocycles. The second kappa shape index (κ2) is 11.4. The molecule has 3 rings (SSSR count). The van der Waals surface area contributed by atoms with Crippen molar-refractivity contribution in [1.29, 1.82) is 0 Å². The lowest BCUT2D eigenvalue weighted by atomic mass is 10.1. The fourth-order valence-corrected chi connectivity index (χ4v) is 2.99. The first-order chi connectivity index (χ1) is 15.6. The number of carbonyl (C=O) groups is 1. The third-order valence-electron chi connectivity index (χ3n) is 4.60. The van der Waals surface area contributed by atoms with Crippen molar-refractivity contribution in [3.63, 3.8) is 0 Å². The predicted octanol–water partition coefficient (Wildman–Crippen LogP) is 2.89. The summed E-state index contributed by atoms with van der Waals surface area (Å²) in [6, 6.07) is 3.66. The Hall–Kier alpha value is -3.21. The van der Waals surface area contributed by atoms with E-state index in [2.05, 4.69) is 9.98 Å². The van der Waals surface area contributed by atoms with Crippen LogP contribution in [-0.4, -0.2) is 76.2 Å². The summed E-state index contributed by atoms with van der Waals surface area (Å²) in [4.78, 5) is 22.6. The zero-order valence-corrected chi connectivity index (χ0v) is 18.4. The van der Waals surface area contributed by atoms with Crippen LogP contribution < -0.4 is 4.90 Å². The van der Waals surface area contributed by atoms with Crippen molar-refractivity contribution >= 4 is 35.5 Å². The highest BCUT2D eigenvalue weighted by molar-refractivity contribution is 6.21. The van der Waals surface area contributed by atoms with Crippen molar-refractivity contribution < 1.29 is 33.3 Å². The van der Waals surface area contributed by atoms with Gasteiger partial charge in [0.1, 0.15) is 6.79 Å². The molecule has 172 valence electrons. The number of fused-ring (bicyclic) bond motifs is 1. The van der Waals surface area contributed by atoms with Gasteiger partial charge in [-0.05, 0) is 25.1 Å². The molecule has 2 aromatic rings. The molecule has 0 amide bonds. The maximum Gasteiger partial charge on any atom is 0.347 e. The van der Waals surface area contributed by atoms with Crippen LogP contribution in [-0.2, 0) is 18.9 Å². The molecule has 32 heavy (non-hydrogen) atoms. The number of hydrogen-bond acceptors (Lipinski definition) is 10. The number of esters is 1. The minimum Gasteiger partial charge on any atom is -0.504 e. The summed E-state index contributed by atoms with van der Waals surface area (Å²) < 4.78 is 26.6. The molecule has 0 unspecified atom stereocenters. The minimum absolute atomic E-state index is 0.0427. The average Bonchev–Trinajstić information content (AvgIpc) is 3.35. The van der Waals surface area contributed by atoms with E-state index in [0.29, 0.717) is 37.8 Å². The number of carbonyl (C=O) groups excluding carboxylic acids is 1. The second-order valence-electron chi connectivity index (χ2n) is 6.80. The number of pyridine rings is 1. The maximum atomic E-state index is 12.5. The third kappa shape index (κ3) is 5.52. The fraction of sp³-hybridized carbons (Fsp3) is 0.409. The molecule has 10 heteroatoms. The van der Waals surface area contributed by atoms with Crippen LogP contribution in [0.4, 0.5) is 11.7 Å². The van der Waals surface area contributed by atoms with E-state index in [9.17, 15) is 9.90 Å². The van der Waals surface area contributed by atoms with Gasteiger partial charge in [-0.1, -0.05) is 0 Å². The molecule has 0 fully saturated rings. The molecule has 0 saturated carbocycles. The molecule has 1 aliphatic rings. The van der Waals surface area contributed by atoms with E-state index >= 15 is 0 Å². The lowest BCUT2D eigenvalue weighted by Crippen LogP contribution is -2.24. The van der Waals surface area contributed by atoms with Crippen LogP contribution in [0, 0.1) is 0 Å². The molecule has 0 radical (unpaired) electrons. The number of aliphatic imine (C=N–C) groups is 1. The zero-order chi connectivity index (χ0) is 22.9. The number of furan rings is 1. The largest absolute Gasteiger partial charge is 0.504 e. The summed E-state index contributed by atoms with van der Waals surface area (Å²) in [5.74, 6) is -0.0916. The second-order valence-corrected chi connectivity index (χ2v) is 6.80. The minimum atomic E-state index is -0.675. The molecule has 3 heterocycles. The lowest BCUT2D eigenvalue weighted by Gasteiger charge is -2.17. The van der Waals surface area contributed by atoms with E-state index in [1.165, 1.54) is 0 Å². The van der Waals surface area contributed by atoms with Crippen LogP contribution in [0.15, 0.2) is 27.7 Å². The molecular formula is C22H27N3O7. The summed E-state index contributed by atoms with van der Waals surface area (Å²) in [6.45, 7) is 3.60. The zero-order valence-electron chi connectivity index (χ0n) is 18.4. The number of aromatic nitrogens is 1. The summed E-state index contributed by atoms with van der Waals surface area (Å²) in [5, 5.41) is 10.8. The summed E-state index contributed by atoms with van der Waals surface area (Å²) in [5.41, 5.74) is 1.47. The molecule has 0 aromatic carbocycles. The van der Waals surface area contributed by atoms with Crippen LogP contribution in [0.3, 0.4) is 0 Å². The van der Waals surface area contributed by atoms with Crippen LogP contribution in [0.1, 0.15) is 28.6 Å². The van der Waals surface area contributed by atoms with Crippen molar-refractivity contribution in [3.05, 3.63) is 35.2 Å². The molecule has 0 atom stereocenters. The Kier molecular flexibility index (Phi) is 8.37. The third-order valence-corrected chi connectivity index (χ3v) is 4.60. The molecule has 10 nitrogen and oxygen atoms in total. The Morgan fingerprint density at radius 2 is 2.09 bits per heavy atom. The number of anilines is 1. The summed E-state index contributed by atoms with van der Waals surface area (Å²) in [7, 11) is 3.32. The Balaban J connectivity index is 1.77. The molecule has 1 aliphatic heterocycles. The van der Waals surface area contributed by atoms with Crippen molar-refractivity contribution in [3.8, 4) is 5.75 Å². The Morgan fingerprint density at radius 3 is 2.88 bits per heavy atom. The van der Waals surface area contributed by atoms with Crippen LogP contribution >= 0.6 is 0 Å². The standard InChI is InChI=1S/C22H27N3O7/c1-4-31-22(27)18-19(26)17(12-15-13-24-20-16(15)6-5-7-23-20)32-21(18)25(2)8-9-29-14-30-11-10-28-3/h5-7,12-13,26H,4,8-11,14H2,1-3H3. The highest BCUT2D eigenvalue weighted by atomic mass is 16.7. The topological polar surface area (TPSA) is 116 Å². The van der Waals surface area contributed by atoms with Crippen LogP contribution in [0.5, 0.6) is 5.75 Å². The van der Waals surface area contributed by atoms with Gasteiger partial charge in [-0.3, -0.25) is 0 Å². The molecule has 0 saturated heterocycles. The van der Waals surface area contributed by atoms with Crippen LogP contribution in [0.2, 0.25) is 0 Å². The smallest absolute Gasteiger partial charge is 0.347 e. The summed E-state index contributed by atoms with van der Waals surface area (Å²) in [6.07, 6.45) is 4.90. The Bertz CT molecular complexity index is 984. The van der Waals surface area contributed by atoms with E-state index in [-0.39, 0.29) is 36.4 Å². The van der Waals surface area contributed by atoms with Crippen molar-refractivity contribution in [2.24, 2.45) is 4.99 Å². The van der Waals surface area contributed by atoms with Crippen molar-refractivity contribution in [2.75, 3.05) is 58.8 Å². The number of ether oxygens (including phenoxy) is 4. The van der Waals surface area contributed by atoms with Gasteiger partial charge in [0.05, 0.1) is 26.4 Å². The van der Waals surface area contributed by atoms with E-state index in [1.54, 1.807) is 50.5 Å². The summed E-state index contributed by atoms with van der Waals surface area (Å²) >= 11 is 0. The first kappa shape index (κ1) is 23.5. The van der Waals surface area contributed by atoms with Gasteiger partial charge >= 0.3 is 5.97 Å². The molecular weight excluding hydrogens is 418 g/mol. The molecule has 0 aliphatic carbocycles.